The molecule has 2 aromatic heterocycles. The quantitative estimate of drug-likeness (QED) is 0.877. The summed E-state index contributed by atoms with van der Waals surface area (Å²) < 4.78 is 1.65. The maximum Gasteiger partial charge on any atom is 0.222 e. The van der Waals surface area contributed by atoms with Gasteiger partial charge in [-0.2, -0.15) is 5.10 Å². The van der Waals surface area contributed by atoms with Crippen LogP contribution in [0, 0.1) is 0 Å². The first-order valence-electron chi connectivity index (χ1n) is 5.41. The summed E-state index contributed by atoms with van der Waals surface area (Å²) in [5.41, 5.74) is 0. The second-order valence-electron chi connectivity index (χ2n) is 3.71. The molecule has 0 saturated heterocycles. The van der Waals surface area contributed by atoms with Crippen LogP contribution in [0.3, 0.4) is 0 Å². The standard InChI is InChI=1S/C11H14N4OS/c1-9(10-3-2-6-17-10)14-11(16)4-5-15-8-12-7-13-15/h2-3,6-9H,4-5H2,1H3,(H,14,16)/t9-/m1/s1. The highest BCUT2D eigenvalue weighted by molar-refractivity contribution is 7.10. The Morgan fingerprint density at radius 3 is 3.18 bits per heavy atom. The van der Waals surface area contributed by atoms with Crippen molar-refractivity contribution in [2.75, 3.05) is 0 Å². The Morgan fingerprint density at radius 2 is 2.53 bits per heavy atom. The van der Waals surface area contributed by atoms with E-state index in [1.54, 1.807) is 22.3 Å². The number of carbonyl (C=O) groups is 1. The van der Waals surface area contributed by atoms with E-state index in [9.17, 15) is 4.79 Å². The molecule has 0 unspecified atom stereocenters. The summed E-state index contributed by atoms with van der Waals surface area (Å²) in [5, 5.41) is 8.91. The molecule has 6 heteroatoms. The first-order valence-corrected chi connectivity index (χ1v) is 6.29. The van der Waals surface area contributed by atoms with Crippen molar-refractivity contribution in [3.63, 3.8) is 0 Å². The van der Waals surface area contributed by atoms with Gasteiger partial charge in [-0.15, -0.1) is 11.3 Å². The van der Waals surface area contributed by atoms with Crippen LogP contribution in [-0.4, -0.2) is 20.7 Å². The minimum Gasteiger partial charge on any atom is -0.349 e. The zero-order valence-corrected chi connectivity index (χ0v) is 10.4. The van der Waals surface area contributed by atoms with E-state index in [4.69, 9.17) is 0 Å². The van der Waals surface area contributed by atoms with Gasteiger partial charge in [0.25, 0.3) is 0 Å². The van der Waals surface area contributed by atoms with Crippen molar-refractivity contribution < 1.29 is 4.79 Å². The number of rotatable bonds is 5. The van der Waals surface area contributed by atoms with Crippen molar-refractivity contribution in [2.45, 2.75) is 25.9 Å². The van der Waals surface area contributed by atoms with Gasteiger partial charge in [0.05, 0.1) is 12.6 Å². The van der Waals surface area contributed by atoms with Crippen LogP contribution in [0.5, 0.6) is 0 Å². The molecule has 0 aliphatic carbocycles. The fourth-order valence-electron chi connectivity index (χ4n) is 1.49. The second-order valence-corrected chi connectivity index (χ2v) is 4.69. The lowest BCUT2D eigenvalue weighted by Gasteiger charge is -2.11. The molecule has 17 heavy (non-hydrogen) atoms. The number of hydrogen-bond donors (Lipinski definition) is 1. The number of hydrogen-bond acceptors (Lipinski definition) is 4. The highest BCUT2D eigenvalue weighted by Crippen LogP contribution is 2.17. The molecule has 1 N–H and O–H groups in total. The molecule has 2 heterocycles. The van der Waals surface area contributed by atoms with Crippen LogP contribution >= 0.6 is 11.3 Å². The number of nitrogens with zero attached hydrogens (tertiary/aromatic N) is 3. The van der Waals surface area contributed by atoms with E-state index in [1.165, 1.54) is 11.2 Å². The SMILES string of the molecule is C[C@@H](NC(=O)CCn1cncn1)c1cccs1. The third kappa shape index (κ3) is 3.39. The van der Waals surface area contributed by atoms with Crippen LogP contribution < -0.4 is 5.32 Å². The minimum absolute atomic E-state index is 0.0291. The van der Waals surface area contributed by atoms with Crippen molar-refractivity contribution in [1.29, 1.82) is 0 Å². The predicted molar refractivity (Wildman–Crippen MR) is 65.5 cm³/mol. The van der Waals surface area contributed by atoms with E-state index in [1.807, 2.05) is 24.4 Å². The maximum atomic E-state index is 11.7. The third-order valence-corrected chi connectivity index (χ3v) is 3.44. The lowest BCUT2D eigenvalue weighted by Crippen LogP contribution is -2.27. The Hall–Kier alpha value is -1.69. The number of carbonyl (C=O) groups excluding carboxylic acids is 1. The van der Waals surface area contributed by atoms with E-state index in [-0.39, 0.29) is 11.9 Å². The smallest absolute Gasteiger partial charge is 0.222 e. The molecule has 2 aromatic rings. The average Bonchev–Trinajstić information content (AvgIpc) is 2.99. The van der Waals surface area contributed by atoms with E-state index < -0.39 is 0 Å². The highest BCUT2D eigenvalue weighted by atomic mass is 32.1. The van der Waals surface area contributed by atoms with Gasteiger partial charge in [0.2, 0.25) is 5.91 Å². The number of aromatic nitrogens is 3. The minimum atomic E-state index is 0.0291. The molecule has 90 valence electrons. The van der Waals surface area contributed by atoms with Gasteiger partial charge in [-0.1, -0.05) is 6.07 Å². The molecule has 1 atom stereocenters. The summed E-state index contributed by atoms with van der Waals surface area (Å²) in [6, 6.07) is 4.07. The van der Waals surface area contributed by atoms with Gasteiger partial charge in [-0.05, 0) is 18.4 Å². The zero-order chi connectivity index (χ0) is 12.1. The summed E-state index contributed by atoms with van der Waals surface area (Å²) >= 11 is 1.65. The van der Waals surface area contributed by atoms with Crippen molar-refractivity contribution >= 4 is 17.2 Å². The van der Waals surface area contributed by atoms with Crippen molar-refractivity contribution in [2.24, 2.45) is 0 Å². The van der Waals surface area contributed by atoms with Crippen molar-refractivity contribution in [3.05, 3.63) is 35.0 Å². The van der Waals surface area contributed by atoms with Gasteiger partial charge < -0.3 is 5.32 Å². The third-order valence-electron chi connectivity index (χ3n) is 2.38. The largest absolute Gasteiger partial charge is 0.349 e. The Balaban J connectivity index is 1.77. The Kier molecular flexibility index (Phi) is 3.87. The predicted octanol–water partition coefficient (Wildman–Crippen LogP) is 1.61. The van der Waals surface area contributed by atoms with Gasteiger partial charge >= 0.3 is 0 Å². The first-order chi connectivity index (χ1) is 8.25. The molecule has 0 aromatic carbocycles. The molecular weight excluding hydrogens is 236 g/mol. The summed E-state index contributed by atoms with van der Waals surface area (Å²) in [4.78, 5) is 16.7. The molecule has 5 nitrogen and oxygen atoms in total. The van der Waals surface area contributed by atoms with Crippen LogP contribution in [0.4, 0.5) is 0 Å². The number of nitrogens with one attached hydrogen (secondary N) is 1. The Bertz CT molecular complexity index is 452. The van der Waals surface area contributed by atoms with Crippen LogP contribution in [0.1, 0.15) is 24.3 Å². The van der Waals surface area contributed by atoms with E-state index in [0.29, 0.717) is 13.0 Å². The van der Waals surface area contributed by atoms with Gasteiger partial charge in [-0.25, -0.2) is 4.98 Å². The molecule has 1 amide bonds. The summed E-state index contributed by atoms with van der Waals surface area (Å²) in [6.45, 7) is 2.54. The topological polar surface area (TPSA) is 59.8 Å². The van der Waals surface area contributed by atoms with E-state index in [2.05, 4.69) is 15.4 Å². The van der Waals surface area contributed by atoms with E-state index >= 15 is 0 Å². The molecule has 2 rings (SSSR count). The Morgan fingerprint density at radius 1 is 1.65 bits per heavy atom. The van der Waals surface area contributed by atoms with Gasteiger partial charge in [-0.3, -0.25) is 9.48 Å². The maximum absolute atomic E-state index is 11.7. The first kappa shape index (κ1) is 11.8. The van der Waals surface area contributed by atoms with Gasteiger partial charge in [0.15, 0.2) is 0 Å². The summed E-state index contributed by atoms with van der Waals surface area (Å²) in [5.74, 6) is 0.0291. The highest BCUT2D eigenvalue weighted by Gasteiger charge is 2.10. The van der Waals surface area contributed by atoms with Gasteiger partial charge in [0, 0.05) is 11.3 Å². The lowest BCUT2D eigenvalue weighted by molar-refractivity contribution is -0.122. The molecule has 0 fully saturated rings. The van der Waals surface area contributed by atoms with Crippen molar-refractivity contribution in [1.82, 2.24) is 20.1 Å². The second kappa shape index (κ2) is 5.58. The molecular formula is C11H14N4OS. The fraction of sp³-hybridized carbons (Fsp3) is 0.364. The molecule has 0 aliphatic heterocycles. The number of aryl methyl sites for hydroxylation is 1. The molecule has 0 aliphatic rings. The fourth-order valence-corrected chi connectivity index (χ4v) is 2.22. The van der Waals surface area contributed by atoms with Crippen LogP contribution in [0.25, 0.3) is 0 Å². The van der Waals surface area contributed by atoms with Crippen molar-refractivity contribution in [3.8, 4) is 0 Å². The zero-order valence-electron chi connectivity index (χ0n) is 9.54. The molecule has 0 saturated carbocycles. The molecule has 0 bridgehead atoms. The molecule has 0 spiro atoms. The van der Waals surface area contributed by atoms with E-state index in [0.717, 1.165) is 0 Å². The van der Waals surface area contributed by atoms with Crippen LogP contribution in [0.15, 0.2) is 30.2 Å². The average molecular weight is 250 g/mol. The number of thiophene rings is 1. The summed E-state index contributed by atoms with van der Waals surface area (Å²) in [6.07, 6.45) is 3.49. The molecule has 0 radical (unpaired) electrons. The summed E-state index contributed by atoms with van der Waals surface area (Å²) in [7, 11) is 0. The monoisotopic (exact) mass is 250 g/mol. The Labute approximate surface area is 103 Å². The van der Waals surface area contributed by atoms with Crippen LogP contribution in [0.2, 0.25) is 0 Å². The number of amides is 1. The lowest BCUT2D eigenvalue weighted by atomic mass is 10.2. The van der Waals surface area contributed by atoms with Gasteiger partial charge in [0.1, 0.15) is 12.7 Å². The normalized spacial score (nSPS) is 12.3. The van der Waals surface area contributed by atoms with Crippen LogP contribution in [-0.2, 0) is 11.3 Å².